The van der Waals surface area contributed by atoms with Crippen molar-refractivity contribution in [2.45, 2.75) is 26.2 Å². The molecule has 0 amide bonds. The van der Waals surface area contributed by atoms with Gasteiger partial charge in [-0.2, -0.15) is 0 Å². The normalized spacial score (nSPS) is 13.3. The Kier molecular flexibility index (Phi) is 2.73. The van der Waals surface area contributed by atoms with Gasteiger partial charge >= 0.3 is 0 Å². The second kappa shape index (κ2) is 4.03. The second-order valence-electron chi connectivity index (χ2n) is 3.75. The van der Waals surface area contributed by atoms with Crippen LogP contribution in [0.3, 0.4) is 0 Å². The first-order valence-electron chi connectivity index (χ1n) is 5.22. The fourth-order valence-electron chi connectivity index (χ4n) is 1.78. The van der Waals surface area contributed by atoms with E-state index in [2.05, 4.69) is 11.9 Å². The summed E-state index contributed by atoms with van der Waals surface area (Å²) < 4.78 is 5.45. The predicted octanol–water partition coefficient (Wildman–Crippen LogP) is 2.62. The molecule has 0 fully saturated rings. The highest BCUT2D eigenvalue weighted by molar-refractivity contribution is 5.73. The summed E-state index contributed by atoms with van der Waals surface area (Å²) in [4.78, 5) is 4.24. The molecule has 2 rings (SSSR count). The smallest absolute Gasteiger partial charge is 0.192 e. The molecular formula is C12H15NO2. The molecule has 0 bridgehead atoms. The molecule has 3 heteroatoms. The maximum Gasteiger partial charge on any atom is 0.192 e. The Morgan fingerprint density at radius 3 is 2.93 bits per heavy atom. The molecule has 15 heavy (non-hydrogen) atoms. The van der Waals surface area contributed by atoms with Crippen molar-refractivity contribution < 1.29 is 9.52 Å². The zero-order chi connectivity index (χ0) is 10.8. The molecule has 0 saturated carbocycles. The lowest BCUT2D eigenvalue weighted by Crippen LogP contribution is -2.01. The van der Waals surface area contributed by atoms with E-state index >= 15 is 0 Å². The Morgan fingerprint density at radius 1 is 1.47 bits per heavy atom. The highest BCUT2D eigenvalue weighted by Crippen LogP contribution is 2.24. The summed E-state index contributed by atoms with van der Waals surface area (Å²) in [7, 11) is 0. The van der Waals surface area contributed by atoms with Crippen LogP contribution in [0.2, 0.25) is 0 Å². The lowest BCUT2D eigenvalue weighted by Gasteiger charge is -2.10. The highest BCUT2D eigenvalue weighted by atomic mass is 16.3. The van der Waals surface area contributed by atoms with Gasteiger partial charge in [-0.15, -0.1) is 0 Å². The molecule has 0 aliphatic heterocycles. The van der Waals surface area contributed by atoms with Gasteiger partial charge in [0.25, 0.3) is 0 Å². The summed E-state index contributed by atoms with van der Waals surface area (Å²) >= 11 is 0. The van der Waals surface area contributed by atoms with Crippen LogP contribution in [0.1, 0.15) is 30.7 Å². The summed E-state index contributed by atoms with van der Waals surface area (Å²) in [5.74, 6) is 0.874. The minimum absolute atomic E-state index is 0.176. The van der Waals surface area contributed by atoms with Gasteiger partial charge in [0.05, 0.1) is 0 Å². The first kappa shape index (κ1) is 10.2. The van der Waals surface area contributed by atoms with Crippen molar-refractivity contribution in [3.63, 3.8) is 0 Å². The lowest BCUT2D eigenvalue weighted by atomic mass is 9.97. The molecule has 1 aromatic carbocycles. The molecule has 1 heterocycles. The van der Waals surface area contributed by atoms with Crippen LogP contribution in [-0.4, -0.2) is 16.7 Å². The molecule has 0 radical (unpaired) electrons. The lowest BCUT2D eigenvalue weighted by molar-refractivity contribution is 0.262. The molecule has 2 aromatic rings. The monoisotopic (exact) mass is 205 g/mol. The van der Waals surface area contributed by atoms with Gasteiger partial charge in [0, 0.05) is 19.4 Å². The first-order valence-corrected chi connectivity index (χ1v) is 5.22. The van der Waals surface area contributed by atoms with Gasteiger partial charge < -0.3 is 9.52 Å². The molecular weight excluding hydrogens is 190 g/mol. The Balaban J connectivity index is 2.45. The molecule has 1 atom stereocenters. The number of hydrogen-bond acceptors (Lipinski definition) is 3. The van der Waals surface area contributed by atoms with E-state index in [0.29, 0.717) is 5.89 Å². The van der Waals surface area contributed by atoms with Crippen molar-refractivity contribution in [3.8, 4) is 0 Å². The molecule has 1 N–H and O–H groups in total. The zero-order valence-electron chi connectivity index (χ0n) is 9.03. The minimum Gasteiger partial charge on any atom is -0.441 e. The van der Waals surface area contributed by atoms with E-state index < -0.39 is 0 Å². The highest BCUT2D eigenvalue weighted by Gasteiger charge is 2.10. The number of aliphatic hydroxyl groups excluding tert-OH is 1. The van der Waals surface area contributed by atoms with Crippen LogP contribution in [0, 0.1) is 6.92 Å². The number of oxazole rings is 1. The fourth-order valence-corrected chi connectivity index (χ4v) is 1.78. The zero-order valence-corrected chi connectivity index (χ0v) is 9.03. The van der Waals surface area contributed by atoms with Gasteiger partial charge in [0.2, 0.25) is 0 Å². The van der Waals surface area contributed by atoms with Crippen molar-refractivity contribution in [2.75, 3.05) is 6.61 Å². The Hall–Kier alpha value is -1.35. The maximum atomic E-state index is 9.21. The quantitative estimate of drug-likeness (QED) is 0.837. The average molecular weight is 205 g/mol. The van der Waals surface area contributed by atoms with Gasteiger partial charge in [-0.05, 0) is 24.1 Å². The third-order valence-corrected chi connectivity index (χ3v) is 2.70. The van der Waals surface area contributed by atoms with Crippen LogP contribution in [0.25, 0.3) is 11.1 Å². The SMILES string of the molecule is CCC(CO)c1ccc2nc(C)oc2c1. The van der Waals surface area contributed by atoms with Crippen LogP contribution in [0.5, 0.6) is 0 Å². The number of nitrogens with zero attached hydrogens (tertiary/aromatic N) is 1. The van der Waals surface area contributed by atoms with E-state index in [4.69, 9.17) is 4.42 Å². The third kappa shape index (κ3) is 1.88. The molecule has 0 saturated heterocycles. The van der Waals surface area contributed by atoms with E-state index in [-0.39, 0.29) is 12.5 Å². The number of aromatic nitrogens is 1. The molecule has 0 aliphatic carbocycles. The predicted molar refractivity (Wildman–Crippen MR) is 58.9 cm³/mol. The van der Waals surface area contributed by atoms with Crippen molar-refractivity contribution in [1.29, 1.82) is 0 Å². The Bertz CT molecular complexity index is 458. The second-order valence-corrected chi connectivity index (χ2v) is 3.75. The topological polar surface area (TPSA) is 46.3 Å². The standard InChI is InChI=1S/C12H15NO2/c1-3-9(7-14)10-4-5-11-12(6-10)15-8(2)13-11/h4-6,9,14H,3,7H2,1-2H3. The molecule has 3 nitrogen and oxygen atoms in total. The summed E-state index contributed by atoms with van der Waals surface area (Å²) in [6.07, 6.45) is 0.926. The van der Waals surface area contributed by atoms with Gasteiger partial charge in [0.15, 0.2) is 11.5 Å². The summed E-state index contributed by atoms with van der Waals surface area (Å²) in [6, 6.07) is 5.92. The van der Waals surface area contributed by atoms with E-state index in [9.17, 15) is 5.11 Å². The van der Waals surface area contributed by atoms with Crippen LogP contribution in [0.4, 0.5) is 0 Å². The van der Waals surface area contributed by atoms with Crippen LogP contribution >= 0.6 is 0 Å². The number of benzene rings is 1. The van der Waals surface area contributed by atoms with E-state index in [0.717, 1.165) is 23.1 Å². The summed E-state index contributed by atoms with van der Waals surface area (Å²) in [6.45, 7) is 4.08. The van der Waals surface area contributed by atoms with Crippen molar-refractivity contribution >= 4 is 11.1 Å². The number of hydrogen-bond donors (Lipinski definition) is 1. The van der Waals surface area contributed by atoms with E-state index in [1.807, 2.05) is 25.1 Å². The van der Waals surface area contributed by atoms with Gasteiger partial charge in [0.1, 0.15) is 5.52 Å². The summed E-state index contributed by atoms with van der Waals surface area (Å²) in [5, 5.41) is 9.21. The molecule has 1 aromatic heterocycles. The Labute approximate surface area is 88.7 Å². The largest absolute Gasteiger partial charge is 0.441 e. The van der Waals surface area contributed by atoms with Crippen molar-refractivity contribution in [2.24, 2.45) is 0 Å². The van der Waals surface area contributed by atoms with Crippen molar-refractivity contribution in [3.05, 3.63) is 29.7 Å². The number of rotatable bonds is 3. The van der Waals surface area contributed by atoms with Gasteiger partial charge in [-0.25, -0.2) is 4.98 Å². The first-order chi connectivity index (χ1) is 7.24. The molecule has 80 valence electrons. The van der Waals surface area contributed by atoms with E-state index in [1.165, 1.54) is 0 Å². The molecule has 1 unspecified atom stereocenters. The van der Waals surface area contributed by atoms with Gasteiger partial charge in [-0.1, -0.05) is 13.0 Å². The third-order valence-electron chi connectivity index (χ3n) is 2.70. The average Bonchev–Trinajstić information content (AvgIpc) is 2.59. The molecule has 0 spiro atoms. The van der Waals surface area contributed by atoms with Gasteiger partial charge in [-0.3, -0.25) is 0 Å². The van der Waals surface area contributed by atoms with E-state index in [1.54, 1.807) is 0 Å². The van der Waals surface area contributed by atoms with Crippen molar-refractivity contribution in [1.82, 2.24) is 4.98 Å². The maximum absolute atomic E-state index is 9.21. The fraction of sp³-hybridized carbons (Fsp3) is 0.417. The Morgan fingerprint density at radius 2 is 2.27 bits per heavy atom. The molecule has 0 aliphatic rings. The number of aryl methyl sites for hydroxylation is 1. The van der Waals surface area contributed by atoms with Crippen LogP contribution < -0.4 is 0 Å². The number of fused-ring (bicyclic) bond motifs is 1. The van der Waals surface area contributed by atoms with Crippen LogP contribution in [-0.2, 0) is 0 Å². The summed E-state index contributed by atoms with van der Waals surface area (Å²) in [5.41, 5.74) is 2.80. The minimum atomic E-state index is 0.176. The number of aliphatic hydroxyl groups is 1. The van der Waals surface area contributed by atoms with Crippen LogP contribution in [0.15, 0.2) is 22.6 Å².